The lowest BCUT2D eigenvalue weighted by atomic mass is 10.2. The molecule has 1 aliphatic rings. The van der Waals surface area contributed by atoms with Gasteiger partial charge in [0.15, 0.2) is 0 Å². The van der Waals surface area contributed by atoms with Crippen LogP contribution in [0, 0.1) is 17.1 Å². The van der Waals surface area contributed by atoms with Gasteiger partial charge in [-0.1, -0.05) is 0 Å². The van der Waals surface area contributed by atoms with Gasteiger partial charge < -0.3 is 5.32 Å². The molecule has 1 heterocycles. The van der Waals surface area contributed by atoms with Crippen LogP contribution >= 0.6 is 0 Å². The summed E-state index contributed by atoms with van der Waals surface area (Å²) >= 11 is 0. The van der Waals surface area contributed by atoms with Gasteiger partial charge in [-0.15, -0.1) is 0 Å². The van der Waals surface area contributed by atoms with Crippen molar-refractivity contribution in [3.05, 3.63) is 29.6 Å². The van der Waals surface area contributed by atoms with E-state index in [2.05, 4.69) is 10.0 Å². The van der Waals surface area contributed by atoms with E-state index in [1.54, 1.807) is 6.07 Å². The summed E-state index contributed by atoms with van der Waals surface area (Å²) in [5.74, 6) is -0.766. The van der Waals surface area contributed by atoms with Crippen molar-refractivity contribution in [2.45, 2.75) is 0 Å². The number of anilines is 1. The predicted octanol–water partition coefficient (Wildman–Crippen LogP) is 0.259. The summed E-state index contributed by atoms with van der Waals surface area (Å²) < 4.78 is 41.1. The maximum atomic E-state index is 13.6. The molecule has 6 nitrogen and oxygen atoms in total. The molecule has 1 fully saturated rings. The number of hydrogen-bond donors (Lipinski definition) is 2. The molecule has 0 aromatic heterocycles. The van der Waals surface area contributed by atoms with Crippen molar-refractivity contribution in [1.82, 2.24) is 9.62 Å². The van der Waals surface area contributed by atoms with Crippen LogP contribution < -0.4 is 10.0 Å². The van der Waals surface area contributed by atoms with Gasteiger partial charge in [0.2, 0.25) is 0 Å². The van der Waals surface area contributed by atoms with Gasteiger partial charge in [0, 0.05) is 26.2 Å². The number of nitriles is 1. The fourth-order valence-corrected chi connectivity index (χ4v) is 2.99. The number of benzene rings is 1. The zero-order chi connectivity index (χ0) is 13.9. The number of nitrogens with one attached hydrogen (secondary N) is 2. The normalized spacial score (nSPS) is 16.8. The van der Waals surface area contributed by atoms with Crippen molar-refractivity contribution < 1.29 is 12.8 Å². The Bertz CT molecular complexity index is 606. The molecule has 2 N–H and O–H groups in total. The van der Waals surface area contributed by atoms with Gasteiger partial charge in [0.25, 0.3) is 0 Å². The first kappa shape index (κ1) is 13.7. The lowest BCUT2D eigenvalue weighted by Crippen LogP contribution is -2.48. The lowest BCUT2D eigenvalue weighted by molar-refractivity contribution is 0.362. The van der Waals surface area contributed by atoms with Crippen LogP contribution in [0.4, 0.5) is 10.1 Å². The molecule has 0 amide bonds. The number of halogens is 1. The molecule has 0 aliphatic carbocycles. The second-order valence-corrected chi connectivity index (χ2v) is 5.73. The summed E-state index contributed by atoms with van der Waals surface area (Å²) in [5, 5.41) is 11.7. The van der Waals surface area contributed by atoms with Crippen molar-refractivity contribution in [3.8, 4) is 6.07 Å². The molecule has 1 aromatic carbocycles. The van der Waals surface area contributed by atoms with Crippen molar-refractivity contribution in [1.29, 1.82) is 5.26 Å². The maximum Gasteiger partial charge on any atom is 0.301 e. The van der Waals surface area contributed by atoms with E-state index in [4.69, 9.17) is 5.26 Å². The minimum Gasteiger partial charge on any atom is -0.314 e. The second kappa shape index (κ2) is 5.52. The molecule has 19 heavy (non-hydrogen) atoms. The van der Waals surface area contributed by atoms with Gasteiger partial charge >= 0.3 is 10.2 Å². The molecule has 1 aromatic rings. The van der Waals surface area contributed by atoms with Crippen LogP contribution in [-0.4, -0.2) is 38.9 Å². The third kappa shape index (κ3) is 3.20. The van der Waals surface area contributed by atoms with E-state index in [-0.39, 0.29) is 11.3 Å². The van der Waals surface area contributed by atoms with Gasteiger partial charge in [-0.05, 0) is 18.2 Å². The van der Waals surface area contributed by atoms with Crippen molar-refractivity contribution >= 4 is 15.9 Å². The van der Waals surface area contributed by atoms with Crippen LogP contribution in [0.15, 0.2) is 18.2 Å². The van der Waals surface area contributed by atoms with Crippen molar-refractivity contribution in [2.24, 2.45) is 0 Å². The molecular formula is C11H13FN4O2S. The number of nitrogens with zero attached hydrogens (tertiary/aromatic N) is 2. The smallest absolute Gasteiger partial charge is 0.301 e. The second-order valence-electron chi connectivity index (χ2n) is 4.06. The molecule has 0 unspecified atom stereocenters. The Hall–Kier alpha value is -1.69. The van der Waals surface area contributed by atoms with Crippen molar-refractivity contribution in [2.75, 3.05) is 30.9 Å². The standard InChI is InChI=1S/C11H13FN4O2S/c12-10-7-9(8-13)1-2-11(10)15-19(17,18)16-5-3-14-4-6-16/h1-2,7,14-15H,3-6H2. The van der Waals surface area contributed by atoms with Gasteiger partial charge in [-0.25, -0.2) is 4.39 Å². The van der Waals surface area contributed by atoms with E-state index in [0.717, 1.165) is 6.07 Å². The van der Waals surface area contributed by atoms with Gasteiger partial charge in [-0.3, -0.25) is 4.72 Å². The Balaban J connectivity index is 2.18. The summed E-state index contributed by atoms with van der Waals surface area (Å²) in [5.41, 5.74) is -0.0137. The fourth-order valence-electron chi connectivity index (χ4n) is 1.76. The summed E-state index contributed by atoms with van der Waals surface area (Å²) in [4.78, 5) is 0. The molecule has 1 aliphatic heterocycles. The summed E-state index contributed by atoms with van der Waals surface area (Å²) in [6.07, 6.45) is 0. The summed E-state index contributed by atoms with van der Waals surface area (Å²) in [6, 6.07) is 5.38. The van der Waals surface area contributed by atoms with Crippen molar-refractivity contribution in [3.63, 3.8) is 0 Å². The first-order valence-electron chi connectivity index (χ1n) is 5.71. The molecule has 0 atom stereocenters. The van der Waals surface area contributed by atoms with E-state index in [9.17, 15) is 12.8 Å². The third-order valence-electron chi connectivity index (χ3n) is 2.75. The Morgan fingerprint density at radius 1 is 1.37 bits per heavy atom. The maximum absolute atomic E-state index is 13.6. The summed E-state index contributed by atoms with van der Waals surface area (Å²) in [6.45, 7) is 1.81. The molecule has 1 saturated heterocycles. The van der Waals surface area contributed by atoms with E-state index in [1.165, 1.54) is 16.4 Å². The highest BCUT2D eigenvalue weighted by atomic mass is 32.2. The van der Waals surface area contributed by atoms with Gasteiger partial charge in [0.1, 0.15) is 5.82 Å². The lowest BCUT2D eigenvalue weighted by Gasteiger charge is -2.26. The monoisotopic (exact) mass is 284 g/mol. The van der Waals surface area contributed by atoms with Crippen LogP contribution in [0.1, 0.15) is 5.56 Å². The Kier molecular flexibility index (Phi) is 3.99. The van der Waals surface area contributed by atoms with E-state index in [0.29, 0.717) is 26.2 Å². The van der Waals surface area contributed by atoms with E-state index < -0.39 is 16.0 Å². The van der Waals surface area contributed by atoms with Crippen LogP contribution in [0.5, 0.6) is 0 Å². The highest BCUT2D eigenvalue weighted by molar-refractivity contribution is 7.90. The van der Waals surface area contributed by atoms with Gasteiger partial charge in [0.05, 0.1) is 17.3 Å². The minimum absolute atomic E-state index is 0.141. The molecule has 0 spiro atoms. The quantitative estimate of drug-likeness (QED) is 0.833. The zero-order valence-electron chi connectivity index (χ0n) is 10.1. The topological polar surface area (TPSA) is 85.2 Å². The molecular weight excluding hydrogens is 271 g/mol. The van der Waals surface area contributed by atoms with Crippen LogP contribution in [-0.2, 0) is 10.2 Å². The molecule has 2 rings (SSSR count). The number of piperazine rings is 1. The van der Waals surface area contributed by atoms with E-state index in [1.807, 2.05) is 0 Å². The van der Waals surface area contributed by atoms with Crippen LogP contribution in [0.3, 0.4) is 0 Å². The third-order valence-corrected chi connectivity index (χ3v) is 4.28. The zero-order valence-corrected chi connectivity index (χ0v) is 10.9. The molecule has 8 heteroatoms. The average Bonchev–Trinajstić information content (AvgIpc) is 2.42. The molecule has 102 valence electrons. The molecule has 0 saturated carbocycles. The molecule has 0 bridgehead atoms. The van der Waals surface area contributed by atoms with Gasteiger partial charge in [-0.2, -0.15) is 18.0 Å². The predicted molar refractivity (Wildman–Crippen MR) is 68.1 cm³/mol. The Labute approximate surface area is 111 Å². The fraction of sp³-hybridized carbons (Fsp3) is 0.364. The first-order chi connectivity index (χ1) is 9.03. The van der Waals surface area contributed by atoms with E-state index >= 15 is 0 Å². The van der Waals surface area contributed by atoms with Crippen LogP contribution in [0.25, 0.3) is 0 Å². The largest absolute Gasteiger partial charge is 0.314 e. The first-order valence-corrected chi connectivity index (χ1v) is 7.15. The Morgan fingerprint density at radius 3 is 2.63 bits per heavy atom. The SMILES string of the molecule is N#Cc1ccc(NS(=O)(=O)N2CCNCC2)c(F)c1. The highest BCUT2D eigenvalue weighted by Crippen LogP contribution is 2.18. The number of hydrogen-bond acceptors (Lipinski definition) is 4. The minimum atomic E-state index is -3.76. The number of rotatable bonds is 3. The molecule has 0 radical (unpaired) electrons. The Morgan fingerprint density at radius 2 is 2.05 bits per heavy atom. The summed E-state index contributed by atoms with van der Waals surface area (Å²) in [7, 11) is -3.76. The highest BCUT2D eigenvalue weighted by Gasteiger charge is 2.24. The van der Waals surface area contributed by atoms with Crippen LogP contribution in [0.2, 0.25) is 0 Å². The average molecular weight is 284 g/mol.